The molecule has 16 heavy (non-hydrogen) atoms. The van der Waals surface area contributed by atoms with E-state index in [9.17, 15) is 13.2 Å². The first-order valence-electron chi connectivity index (χ1n) is 4.45. The summed E-state index contributed by atoms with van der Waals surface area (Å²) in [6.45, 7) is 1.12. The molecule has 2 amide bonds. The highest BCUT2D eigenvalue weighted by Gasteiger charge is 2.25. The Balaban J connectivity index is 2.41. The van der Waals surface area contributed by atoms with Gasteiger partial charge in [0.25, 0.3) is 10.0 Å². The first-order valence-corrected chi connectivity index (χ1v) is 5.94. The van der Waals surface area contributed by atoms with Gasteiger partial charge in [-0.3, -0.25) is 4.68 Å². The zero-order valence-corrected chi connectivity index (χ0v) is 9.03. The van der Waals surface area contributed by atoms with Gasteiger partial charge in [-0.05, 0) is 0 Å². The van der Waals surface area contributed by atoms with Gasteiger partial charge in [0.15, 0.2) is 0 Å². The molecule has 0 fully saturated rings. The van der Waals surface area contributed by atoms with Gasteiger partial charge in [0, 0.05) is 0 Å². The van der Waals surface area contributed by atoms with Crippen LogP contribution in [0.1, 0.15) is 5.69 Å². The molecule has 1 aromatic rings. The number of sulfonamides is 1. The molecule has 1 aliphatic heterocycles. The van der Waals surface area contributed by atoms with Gasteiger partial charge in [0.1, 0.15) is 4.90 Å². The third kappa shape index (κ3) is 1.86. The van der Waals surface area contributed by atoms with Crippen molar-refractivity contribution in [1.29, 1.82) is 0 Å². The standard InChI is InChI=1S/C7H10N4O4S/c8-7(12)10-16(13,14)6-3-9-11-1-2-15-4-5(6)11/h3H,1-2,4H2,(H3,8,10,12). The van der Waals surface area contributed by atoms with Crippen LogP contribution in [0.2, 0.25) is 0 Å². The van der Waals surface area contributed by atoms with Gasteiger partial charge in [-0.15, -0.1) is 0 Å². The van der Waals surface area contributed by atoms with Crippen LogP contribution in [-0.2, 0) is 27.9 Å². The highest BCUT2D eigenvalue weighted by atomic mass is 32.2. The zero-order chi connectivity index (χ0) is 11.8. The van der Waals surface area contributed by atoms with Crippen molar-refractivity contribution >= 4 is 16.1 Å². The van der Waals surface area contributed by atoms with Gasteiger partial charge in [-0.25, -0.2) is 17.9 Å². The summed E-state index contributed by atoms with van der Waals surface area (Å²) in [6.07, 6.45) is 1.18. The molecule has 0 unspecified atom stereocenters. The number of rotatable bonds is 2. The van der Waals surface area contributed by atoms with Crippen LogP contribution in [-0.4, -0.2) is 30.8 Å². The topological polar surface area (TPSA) is 116 Å². The van der Waals surface area contributed by atoms with E-state index in [-0.39, 0.29) is 11.5 Å². The summed E-state index contributed by atoms with van der Waals surface area (Å²) < 4.78 is 31.6. The van der Waals surface area contributed by atoms with Gasteiger partial charge in [0.05, 0.1) is 31.6 Å². The molecule has 1 aromatic heterocycles. The van der Waals surface area contributed by atoms with Gasteiger partial charge in [0.2, 0.25) is 0 Å². The number of hydrogen-bond acceptors (Lipinski definition) is 5. The summed E-state index contributed by atoms with van der Waals surface area (Å²) in [5, 5.41) is 3.90. The van der Waals surface area contributed by atoms with Gasteiger partial charge >= 0.3 is 6.03 Å². The molecule has 0 atom stereocenters. The Hall–Kier alpha value is -1.61. The molecule has 2 heterocycles. The van der Waals surface area contributed by atoms with Crippen molar-refractivity contribution in [3.8, 4) is 0 Å². The number of urea groups is 1. The normalized spacial score (nSPS) is 15.5. The SMILES string of the molecule is NC(=O)NS(=O)(=O)c1cnn2c1COCC2. The number of nitrogens with one attached hydrogen (secondary N) is 1. The highest BCUT2D eigenvalue weighted by molar-refractivity contribution is 7.90. The summed E-state index contributed by atoms with van der Waals surface area (Å²) in [5.74, 6) is 0. The van der Waals surface area contributed by atoms with Crippen LogP contribution in [0.4, 0.5) is 4.79 Å². The number of amides is 2. The smallest absolute Gasteiger partial charge is 0.326 e. The zero-order valence-electron chi connectivity index (χ0n) is 8.21. The Labute approximate surface area is 91.4 Å². The average Bonchev–Trinajstić information content (AvgIpc) is 2.59. The number of aromatic nitrogens is 2. The fourth-order valence-electron chi connectivity index (χ4n) is 1.46. The molecule has 3 N–H and O–H groups in total. The van der Waals surface area contributed by atoms with Crippen molar-refractivity contribution in [1.82, 2.24) is 14.5 Å². The fourth-order valence-corrected chi connectivity index (χ4v) is 2.50. The Morgan fingerprint density at radius 2 is 2.38 bits per heavy atom. The summed E-state index contributed by atoms with van der Waals surface area (Å²) in [4.78, 5) is 10.5. The van der Waals surface area contributed by atoms with Crippen LogP contribution in [0, 0.1) is 0 Å². The largest absolute Gasteiger partial charge is 0.373 e. The van der Waals surface area contributed by atoms with Crippen molar-refractivity contribution in [2.75, 3.05) is 6.61 Å². The minimum Gasteiger partial charge on any atom is -0.373 e. The highest BCUT2D eigenvalue weighted by Crippen LogP contribution is 2.18. The lowest BCUT2D eigenvalue weighted by molar-refractivity contribution is 0.0780. The lowest BCUT2D eigenvalue weighted by Gasteiger charge is -2.15. The first-order chi connectivity index (χ1) is 7.50. The predicted octanol–water partition coefficient (Wildman–Crippen LogP) is -1.23. The van der Waals surface area contributed by atoms with Crippen LogP contribution >= 0.6 is 0 Å². The van der Waals surface area contributed by atoms with Gasteiger partial charge in [-0.1, -0.05) is 0 Å². The fraction of sp³-hybridized carbons (Fsp3) is 0.429. The second kappa shape index (κ2) is 3.76. The Morgan fingerprint density at radius 1 is 1.62 bits per heavy atom. The van der Waals surface area contributed by atoms with E-state index in [1.54, 1.807) is 4.72 Å². The van der Waals surface area contributed by atoms with Crippen LogP contribution in [0.5, 0.6) is 0 Å². The minimum atomic E-state index is -3.95. The van der Waals surface area contributed by atoms with Crippen molar-refractivity contribution in [3.05, 3.63) is 11.9 Å². The molecule has 0 radical (unpaired) electrons. The molecule has 1 aliphatic rings. The third-order valence-corrected chi connectivity index (χ3v) is 3.51. The van der Waals surface area contributed by atoms with E-state index in [1.807, 2.05) is 0 Å². The van der Waals surface area contributed by atoms with Crippen molar-refractivity contribution in [2.45, 2.75) is 18.0 Å². The van der Waals surface area contributed by atoms with E-state index in [2.05, 4.69) is 5.10 Å². The average molecular weight is 246 g/mol. The third-order valence-electron chi connectivity index (χ3n) is 2.12. The van der Waals surface area contributed by atoms with Crippen LogP contribution < -0.4 is 10.5 Å². The molecule has 8 nitrogen and oxygen atoms in total. The van der Waals surface area contributed by atoms with Gasteiger partial charge < -0.3 is 10.5 Å². The molecule has 0 spiro atoms. The quantitative estimate of drug-likeness (QED) is 0.677. The number of primary amides is 1. The Kier molecular flexibility index (Phi) is 2.56. The number of carbonyl (C=O) groups is 1. The van der Waals surface area contributed by atoms with Crippen molar-refractivity contribution in [2.24, 2.45) is 5.73 Å². The van der Waals surface area contributed by atoms with Crippen molar-refractivity contribution < 1.29 is 17.9 Å². The number of fused-ring (bicyclic) bond motifs is 1. The van der Waals surface area contributed by atoms with E-state index in [1.165, 1.54) is 10.9 Å². The van der Waals surface area contributed by atoms with Crippen LogP contribution in [0.15, 0.2) is 11.1 Å². The monoisotopic (exact) mass is 246 g/mol. The maximum atomic E-state index is 11.7. The van der Waals surface area contributed by atoms with E-state index in [4.69, 9.17) is 10.5 Å². The number of nitrogens with zero attached hydrogens (tertiary/aromatic N) is 2. The summed E-state index contributed by atoms with van der Waals surface area (Å²) in [6, 6.07) is -1.13. The summed E-state index contributed by atoms with van der Waals surface area (Å²) in [5.41, 5.74) is 5.19. The Morgan fingerprint density at radius 3 is 3.06 bits per heavy atom. The molecule has 0 aliphatic carbocycles. The van der Waals surface area contributed by atoms with E-state index in [0.717, 1.165) is 0 Å². The molecular weight excluding hydrogens is 236 g/mol. The first kappa shape index (κ1) is 10.9. The maximum absolute atomic E-state index is 11.7. The molecule has 0 aromatic carbocycles. The molecule has 2 rings (SSSR count). The lowest BCUT2D eigenvalue weighted by Crippen LogP contribution is -2.35. The second-order valence-corrected chi connectivity index (χ2v) is 4.85. The van der Waals surface area contributed by atoms with Crippen molar-refractivity contribution in [3.63, 3.8) is 0 Å². The lowest BCUT2D eigenvalue weighted by atomic mass is 10.4. The molecular formula is C7H10N4O4S. The summed E-state index contributed by atoms with van der Waals surface area (Å²) >= 11 is 0. The molecule has 0 saturated carbocycles. The number of carbonyl (C=O) groups excluding carboxylic acids is 1. The van der Waals surface area contributed by atoms with Crippen LogP contribution in [0.3, 0.4) is 0 Å². The number of nitrogens with two attached hydrogens (primary N) is 1. The van der Waals surface area contributed by atoms with E-state index < -0.39 is 16.1 Å². The minimum absolute atomic E-state index is 0.0778. The Bertz CT molecular complexity index is 520. The van der Waals surface area contributed by atoms with Gasteiger partial charge in [-0.2, -0.15) is 5.10 Å². The molecule has 0 saturated heterocycles. The van der Waals surface area contributed by atoms with Crippen LogP contribution in [0.25, 0.3) is 0 Å². The summed E-state index contributed by atoms with van der Waals surface area (Å²) in [7, 11) is -3.95. The number of ether oxygens (including phenoxy) is 1. The van der Waals surface area contributed by atoms with E-state index in [0.29, 0.717) is 18.8 Å². The molecule has 88 valence electrons. The van der Waals surface area contributed by atoms with E-state index >= 15 is 0 Å². The predicted molar refractivity (Wildman–Crippen MR) is 51.8 cm³/mol. The number of hydrogen-bond donors (Lipinski definition) is 2. The second-order valence-electron chi connectivity index (χ2n) is 3.20. The maximum Gasteiger partial charge on any atom is 0.326 e. The molecule has 0 bridgehead atoms. The molecule has 9 heteroatoms.